The summed E-state index contributed by atoms with van der Waals surface area (Å²) in [6.07, 6.45) is 3.98. The molecule has 2 heterocycles. The van der Waals surface area contributed by atoms with Gasteiger partial charge in [0.1, 0.15) is 0 Å². The number of pyridine rings is 1. The smallest absolute Gasteiger partial charge is 0.174 e. The second kappa shape index (κ2) is 2.60. The van der Waals surface area contributed by atoms with E-state index in [0.29, 0.717) is 0 Å². The zero-order valence-electron chi connectivity index (χ0n) is 6.37. The van der Waals surface area contributed by atoms with Crippen LogP contribution in [0.5, 0.6) is 0 Å². The van der Waals surface area contributed by atoms with Gasteiger partial charge >= 0.3 is 0 Å². The maximum absolute atomic E-state index is 4.37. The Kier molecular flexibility index (Phi) is 1.73. The second-order valence-electron chi connectivity index (χ2n) is 2.43. The fourth-order valence-corrected chi connectivity index (χ4v) is 3.56. The van der Waals surface area contributed by atoms with Crippen molar-refractivity contribution in [1.29, 1.82) is 0 Å². The minimum absolute atomic E-state index is 0.102. The van der Waals surface area contributed by atoms with Crippen LogP contribution >= 0.6 is 10.8 Å². The molecule has 0 spiro atoms. The third-order valence-corrected chi connectivity index (χ3v) is 4.03. The van der Waals surface area contributed by atoms with E-state index in [1.807, 2.05) is 6.20 Å². The Morgan fingerprint density at radius 2 is 2.36 bits per heavy atom. The van der Waals surface area contributed by atoms with Gasteiger partial charge in [-0.2, -0.15) is 4.36 Å². The summed E-state index contributed by atoms with van der Waals surface area (Å²) in [6.45, 7) is 2.06. The summed E-state index contributed by atoms with van der Waals surface area (Å²) in [7, 11) is 1.91. The summed E-state index contributed by atoms with van der Waals surface area (Å²) in [5.41, 5.74) is 1.21. The summed E-state index contributed by atoms with van der Waals surface area (Å²) in [5.74, 6) is 0.923. The first-order valence-corrected chi connectivity index (χ1v) is 6.21. The lowest BCUT2D eigenvalue weighted by Crippen LogP contribution is -1.76. The van der Waals surface area contributed by atoms with E-state index < -0.39 is 0 Å². The van der Waals surface area contributed by atoms with Crippen molar-refractivity contribution in [2.75, 3.05) is 6.26 Å². The van der Waals surface area contributed by atoms with Crippen molar-refractivity contribution in [3.63, 3.8) is 0 Å². The molecule has 4 heteroatoms. The van der Waals surface area contributed by atoms with Gasteiger partial charge in [0.15, 0.2) is 5.82 Å². The van der Waals surface area contributed by atoms with Crippen LogP contribution in [0.3, 0.4) is 0 Å². The normalized spacial score (nSPS) is 21.1. The molecule has 2 nitrogen and oxygen atoms in total. The van der Waals surface area contributed by atoms with Gasteiger partial charge in [-0.1, -0.05) is 0 Å². The van der Waals surface area contributed by atoms with Crippen molar-refractivity contribution in [2.45, 2.75) is 11.8 Å². The molecule has 1 aliphatic rings. The summed E-state index contributed by atoms with van der Waals surface area (Å²) in [4.78, 5) is 5.46. The monoisotopic (exact) mass is 184 g/mol. The van der Waals surface area contributed by atoms with Crippen LogP contribution in [0.25, 0.3) is 0 Å². The van der Waals surface area contributed by atoms with Gasteiger partial charge in [0.05, 0.1) is 4.90 Å². The van der Waals surface area contributed by atoms with Gasteiger partial charge in [0, 0.05) is 12.5 Å². The SMILES string of the molecule is Cc1cnc2c(c1)SS(C)=N2. The molecule has 0 fully saturated rings. The second-order valence-corrected chi connectivity index (χ2v) is 6.02. The Morgan fingerprint density at radius 1 is 1.55 bits per heavy atom. The molecule has 0 N–H and O–H groups in total. The number of nitrogens with zero attached hydrogens (tertiary/aromatic N) is 2. The quantitative estimate of drug-likeness (QED) is 0.579. The highest BCUT2D eigenvalue weighted by atomic mass is 33.1. The van der Waals surface area contributed by atoms with Gasteiger partial charge in [-0.3, -0.25) is 0 Å². The molecule has 1 unspecified atom stereocenters. The van der Waals surface area contributed by atoms with E-state index in [0.717, 1.165) is 5.82 Å². The van der Waals surface area contributed by atoms with Crippen LogP contribution in [0.15, 0.2) is 21.5 Å². The van der Waals surface area contributed by atoms with Gasteiger partial charge in [0.2, 0.25) is 0 Å². The van der Waals surface area contributed by atoms with E-state index in [2.05, 4.69) is 28.6 Å². The molecule has 1 atom stereocenters. The summed E-state index contributed by atoms with van der Waals surface area (Å²) in [5, 5.41) is 0. The van der Waals surface area contributed by atoms with Gasteiger partial charge < -0.3 is 0 Å². The van der Waals surface area contributed by atoms with E-state index in [9.17, 15) is 0 Å². The van der Waals surface area contributed by atoms with Crippen molar-refractivity contribution >= 4 is 26.3 Å². The van der Waals surface area contributed by atoms with Gasteiger partial charge in [-0.25, -0.2) is 4.98 Å². The van der Waals surface area contributed by atoms with Crippen LogP contribution in [0.1, 0.15) is 5.56 Å². The Hall–Kier alpha value is -0.350. The van der Waals surface area contributed by atoms with Gasteiger partial charge in [-0.05, 0) is 39.1 Å². The van der Waals surface area contributed by atoms with Crippen LogP contribution in [0, 0.1) is 6.92 Å². The summed E-state index contributed by atoms with van der Waals surface area (Å²) >= 11 is 0. The number of aromatic nitrogens is 1. The third-order valence-electron chi connectivity index (χ3n) is 1.40. The van der Waals surface area contributed by atoms with Crippen molar-refractivity contribution in [2.24, 2.45) is 4.36 Å². The first-order chi connectivity index (χ1) is 5.25. The number of rotatable bonds is 0. The maximum atomic E-state index is 4.37. The van der Waals surface area contributed by atoms with E-state index in [1.165, 1.54) is 10.5 Å². The number of hydrogen-bond donors (Lipinski definition) is 0. The van der Waals surface area contributed by atoms with E-state index in [4.69, 9.17) is 0 Å². The largest absolute Gasteiger partial charge is 0.235 e. The number of hydrogen-bond acceptors (Lipinski definition) is 3. The molecule has 1 aromatic heterocycles. The lowest BCUT2D eigenvalue weighted by Gasteiger charge is -1.94. The molecule has 0 saturated carbocycles. The Morgan fingerprint density at radius 3 is 3.18 bits per heavy atom. The third kappa shape index (κ3) is 1.32. The van der Waals surface area contributed by atoms with Gasteiger partial charge in [-0.15, -0.1) is 0 Å². The van der Waals surface area contributed by atoms with Gasteiger partial charge in [0.25, 0.3) is 0 Å². The number of fused-ring (bicyclic) bond motifs is 1. The van der Waals surface area contributed by atoms with Crippen LogP contribution in [0.4, 0.5) is 5.82 Å². The molecule has 2 rings (SSSR count). The molecule has 0 radical (unpaired) electrons. The minimum atomic E-state index is 0.102. The lowest BCUT2D eigenvalue weighted by atomic mass is 10.3. The lowest BCUT2D eigenvalue weighted by molar-refractivity contribution is 1.18. The molecular formula is C7H8N2S2. The summed E-state index contributed by atoms with van der Waals surface area (Å²) < 4.78 is 4.37. The fraction of sp³-hybridized carbons (Fsp3) is 0.286. The predicted octanol–water partition coefficient (Wildman–Crippen LogP) is 2.47. The van der Waals surface area contributed by atoms with E-state index in [1.54, 1.807) is 10.8 Å². The molecular weight excluding hydrogens is 176 g/mol. The zero-order valence-corrected chi connectivity index (χ0v) is 8.00. The van der Waals surface area contributed by atoms with Crippen molar-refractivity contribution in [3.05, 3.63) is 17.8 Å². The average molecular weight is 184 g/mol. The number of aryl methyl sites for hydroxylation is 1. The molecule has 0 bridgehead atoms. The fourth-order valence-electron chi connectivity index (χ4n) is 0.935. The van der Waals surface area contributed by atoms with Crippen molar-refractivity contribution in [3.8, 4) is 0 Å². The highest BCUT2D eigenvalue weighted by molar-refractivity contribution is 8.70. The molecule has 58 valence electrons. The summed E-state index contributed by atoms with van der Waals surface area (Å²) in [6, 6.07) is 2.15. The predicted molar refractivity (Wildman–Crippen MR) is 50.2 cm³/mol. The Labute approximate surface area is 71.9 Å². The molecule has 0 saturated heterocycles. The first-order valence-electron chi connectivity index (χ1n) is 3.28. The molecule has 1 aromatic rings. The first kappa shape index (κ1) is 7.31. The average Bonchev–Trinajstić information content (AvgIpc) is 2.27. The van der Waals surface area contributed by atoms with Crippen LogP contribution in [-0.4, -0.2) is 11.2 Å². The standard InChI is InChI=1S/C7H8N2S2/c1-5-3-6-7(8-4-5)9-11(2)10-6/h3-4H,1-2H3. The van der Waals surface area contributed by atoms with E-state index in [-0.39, 0.29) is 9.72 Å². The van der Waals surface area contributed by atoms with E-state index >= 15 is 0 Å². The topological polar surface area (TPSA) is 25.2 Å². The molecule has 1 aliphatic heterocycles. The Balaban J connectivity index is 2.52. The van der Waals surface area contributed by atoms with Crippen LogP contribution in [-0.2, 0) is 9.72 Å². The molecule has 0 amide bonds. The van der Waals surface area contributed by atoms with Crippen molar-refractivity contribution < 1.29 is 0 Å². The van der Waals surface area contributed by atoms with Crippen molar-refractivity contribution in [1.82, 2.24) is 4.98 Å². The van der Waals surface area contributed by atoms with Crippen LogP contribution < -0.4 is 0 Å². The molecule has 11 heavy (non-hydrogen) atoms. The Bertz CT molecular complexity index is 333. The molecule has 0 aliphatic carbocycles. The maximum Gasteiger partial charge on any atom is 0.174 e. The van der Waals surface area contributed by atoms with Crippen LogP contribution in [0.2, 0.25) is 0 Å². The minimum Gasteiger partial charge on any atom is -0.235 e. The highest BCUT2D eigenvalue weighted by Gasteiger charge is 2.11. The zero-order chi connectivity index (χ0) is 7.84. The highest BCUT2D eigenvalue weighted by Crippen LogP contribution is 2.38. The molecule has 0 aromatic carbocycles.